The Morgan fingerprint density at radius 2 is 2.00 bits per heavy atom. The summed E-state index contributed by atoms with van der Waals surface area (Å²) in [5.41, 5.74) is 2.20. The van der Waals surface area contributed by atoms with E-state index in [4.69, 9.17) is 0 Å². The predicted molar refractivity (Wildman–Crippen MR) is 93.4 cm³/mol. The van der Waals surface area contributed by atoms with Crippen LogP contribution >= 0.6 is 0 Å². The monoisotopic (exact) mass is 328 g/mol. The minimum atomic E-state index is -0.0694. The van der Waals surface area contributed by atoms with Gasteiger partial charge in [-0.05, 0) is 50.4 Å². The molecule has 2 aliphatic rings. The van der Waals surface area contributed by atoms with E-state index in [1.165, 1.54) is 12.8 Å². The third-order valence-electron chi connectivity index (χ3n) is 5.30. The van der Waals surface area contributed by atoms with Gasteiger partial charge in [0, 0.05) is 24.2 Å². The first-order valence-electron chi connectivity index (χ1n) is 8.98. The van der Waals surface area contributed by atoms with Crippen LogP contribution in [0.15, 0.2) is 23.0 Å². The highest BCUT2D eigenvalue weighted by atomic mass is 16.2. The summed E-state index contributed by atoms with van der Waals surface area (Å²) >= 11 is 0. The highest BCUT2D eigenvalue weighted by Gasteiger charge is 2.22. The molecule has 1 aliphatic carbocycles. The Labute approximate surface area is 140 Å². The number of benzene rings is 1. The molecule has 1 atom stereocenters. The Hall–Kier alpha value is -2.08. The highest BCUT2D eigenvalue weighted by molar-refractivity contribution is 5.97. The van der Waals surface area contributed by atoms with Gasteiger partial charge in [0.05, 0.1) is 11.0 Å². The zero-order chi connectivity index (χ0) is 16.5. The molecule has 4 rings (SSSR count). The number of aromatic amines is 1. The molecule has 2 fully saturated rings. The maximum Gasteiger partial charge on any atom is 0.326 e. The molecule has 1 saturated carbocycles. The van der Waals surface area contributed by atoms with Crippen LogP contribution in [0.1, 0.15) is 54.9 Å². The topological polar surface area (TPSA) is 78.9 Å². The molecule has 24 heavy (non-hydrogen) atoms. The van der Waals surface area contributed by atoms with Gasteiger partial charge in [0.2, 0.25) is 0 Å². The number of nitrogens with zero attached hydrogens (tertiary/aromatic N) is 1. The quantitative estimate of drug-likeness (QED) is 0.805. The number of H-pyrrole nitrogens is 1. The van der Waals surface area contributed by atoms with Gasteiger partial charge in [-0.2, -0.15) is 0 Å². The molecule has 2 heterocycles. The van der Waals surface area contributed by atoms with Gasteiger partial charge in [-0.1, -0.05) is 12.8 Å². The van der Waals surface area contributed by atoms with E-state index >= 15 is 0 Å². The second kappa shape index (κ2) is 6.43. The Kier molecular flexibility index (Phi) is 4.14. The lowest BCUT2D eigenvalue weighted by molar-refractivity contribution is 0.0931. The van der Waals surface area contributed by atoms with Crippen LogP contribution in [0.2, 0.25) is 0 Å². The molecule has 2 aromatic rings. The number of rotatable bonds is 3. The summed E-state index contributed by atoms with van der Waals surface area (Å²) < 4.78 is 1.87. The molecule has 1 aromatic heterocycles. The fourth-order valence-corrected chi connectivity index (χ4v) is 4.04. The number of piperidine rings is 1. The zero-order valence-corrected chi connectivity index (χ0v) is 13.8. The molecular formula is C18H24N4O2. The summed E-state index contributed by atoms with van der Waals surface area (Å²) in [4.78, 5) is 27.7. The highest BCUT2D eigenvalue weighted by Crippen LogP contribution is 2.30. The number of hydrogen-bond acceptors (Lipinski definition) is 3. The standard InChI is InChI=1S/C18H24N4O2/c23-17(20-13-4-3-9-19-11-13)12-7-8-16-15(10-12)21-18(24)22(16)14-5-1-2-6-14/h7-8,10,13-14,19H,1-6,9,11H2,(H,20,23)(H,21,24)/t13-/m0/s1. The van der Waals surface area contributed by atoms with Crippen molar-refractivity contribution in [2.45, 2.75) is 50.6 Å². The van der Waals surface area contributed by atoms with Crippen LogP contribution in [0.4, 0.5) is 0 Å². The average Bonchev–Trinajstić information content (AvgIpc) is 3.21. The van der Waals surface area contributed by atoms with E-state index in [2.05, 4.69) is 15.6 Å². The third kappa shape index (κ3) is 2.86. The van der Waals surface area contributed by atoms with Crippen LogP contribution < -0.4 is 16.3 Å². The average molecular weight is 328 g/mol. The third-order valence-corrected chi connectivity index (χ3v) is 5.30. The molecular weight excluding hydrogens is 304 g/mol. The van der Waals surface area contributed by atoms with E-state index in [-0.39, 0.29) is 17.6 Å². The Balaban J connectivity index is 1.59. The van der Waals surface area contributed by atoms with Gasteiger partial charge < -0.3 is 15.6 Å². The van der Waals surface area contributed by atoms with Crippen LogP contribution in [0.3, 0.4) is 0 Å². The van der Waals surface area contributed by atoms with Gasteiger partial charge in [-0.3, -0.25) is 9.36 Å². The van der Waals surface area contributed by atoms with E-state index in [9.17, 15) is 9.59 Å². The lowest BCUT2D eigenvalue weighted by Gasteiger charge is -2.23. The van der Waals surface area contributed by atoms with Crippen LogP contribution in [0.5, 0.6) is 0 Å². The first-order chi connectivity index (χ1) is 11.7. The minimum absolute atomic E-state index is 0.0639. The van der Waals surface area contributed by atoms with Crippen molar-refractivity contribution in [3.05, 3.63) is 34.2 Å². The van der Waals surface area contributed by atoms with Gasteiger partial charge >= 0.3 is 5.69 Å². The van der Waals surface area contributed by atoms with Crippen LogP contribution in [-0.2, 0) is 0 Å². The molecule has 0 spiro atoms. The van der Waals surface area contributed by atoms with Crippen molar-refractivity contribution >= 4 is 16.9 Å². The van der Waals surface area contributed by atoms with E-state index < -0.39 is 0 Å². The largest absolute Gasteiger partial charge is 0.348 e. The first kappa shape index (κ1) is 15.4. The fraction of sp³-hybridized carbons (Fsp3) is 0.556. The van der Waals surface area contributed by atoms with Crippen molar-refractivity contribution in [1.82, 2.24) is 20.2 Å². The van der Waals surface area contributed by atoms with Crippen molar-refractivity contribution in [2.24, 2.45) is 0 Å². The Morgan fingerprint density at radius 1 is 1.17 bits per heavy atom. The minimum Gasteiger partial charge on any atom is -0.348 e. The number of fused-ring (bicyclic) bond motifs is 1. The van der Waals surface area contributed by atoms with Gasteiger partial charge in [0.15, 0.2) is 0 Å². The SMILES string of the molecule is O=C(N[C@H]1CCCNC1)c1ccc2c(c1)[nH]c(=O)n2C1CCCC1. The molecule has 1 amide bonds. The Morgan fingerprint density at radius 3 is 2.75 bits per heavy atom. The van der Waals surface area contributed by atoms with Crippen molar-refractivity contribution in [1.29, 1.82) is 0 Å². The maximum absolute atomic E-state index is 12.5. The zero-order valence-electron chi connectivity index (χ0n) is 13.8. The number of nitrogens with one attached hydrogen (secondary N) is 3. The van der Waals surface area contributed by atoms with E-state index in [1.54, 1.807) is 6.07 Å². The number of aromatic nitrogens is 2. The van der Waals surface area contributed by atoms with Gasteiger partial charge in [-0.25, -0.2) is 4.79 Å². The van der Waals surface area contributed by atoms with E-state index in [0.717, 1.165) is 49.8 Å². The molecule has 6 nitrogen and oxygen atoms in total. The molecule has 0 unspecified atom stereocenters. The van der Waals surface area contributed by atoms with Gasteiger partial charge in [0.25, 0.3) is 5.91 Å². The van der Waals surface area contributed by atoms with Crippen molar-refractivity contribution in [2.75, 3.05) is 13.1 Å². The Bertz CT molecular complexity index is 795. The summed E-state index contributed by atoms with van der Waals surface area (Å²) in [7, 11) is 0. The molecule has 1 aromatic carbocycles. The van der Waals surface area contributed by atoms with Crippen molar-refractivity contribution in [3.8, 4) is 0 Å². The molecule has 6 heteroatoms. The summed E-state index contributed by atoms with van der Waals surface area (Å²) in [6, 6.07) is 6.00. The van der Waals surface area contributed by atoms with E-state index in [1.807, 2.05) is 16.7 Å². The molecule has 128 valence electrons. The van der Waals surface area contributed by atoms with Gasteiger partial charge in [0.1, 0.15) is 0 Å². The predicted octanol–water partition coefficient (Wildman–Crippen LogP) is 1.93. The molecule has 3 N–H and O–H groups in total. The van der Waals surface area contributed by atoms with Crippen molar-refractivity contribution < 1.29 is 4.79 Å². The second-order valence-corrected chi connectivity index (χ2v) is 6.99. The summed E-state index contributed by atoms with van der Waals surface area (Å²) in [5.74, 6) is -0.0694. The van der Waals surface area contributed by atoms with E-state index in [0.29, 0.717) is 11.6 Å². The smallest absolute Gasteiger partial charge is 0.326 e. The molecule has 1 aliphatic heterocycles. The number of amides is 1. The molecule has 0 bridgehead atoms. The number of hydrogen-bond donors (Lipinski definition) is 3. The second-order valence-electron chi connectivity index (χ2n) is 6.99. The normalized spacial score (nSPS) is 22.1. The fourth-order valence-electron chi connectivity index (χ4n) is 4.04. The van der Waals surface area contributed by atoms with Crippen LogP contribution in [-0.4, -0.2) is 34.6 Å². The molecule has 1 saturated heterocycles. The number of carbonyl (C=O) groups excluding carboxylic acids is 1. The maximum atomic E-state index is 12.5. The van der Waals surface area contributed by atoms with Crippen LogP contribution in [0.25, 0.3) is 11.0 Å². The summed E-state index contributed by atoms with van der Waals surface area (Å²) in [6.07, 6.45) is 6.57. The van der Waals surface area contributed by atoms with Crippen molar-refractivity contribution in [3.63, 3.8) is 0 Å². The lowest BCUT2D eigenvalue weighted by atomic mass is 10.1. The number of carbonyl (C=O) groups is 1. The summed E-state index contributed by atoms with van der Waals surface area (Å²) in [5, 5.41) is 6.37. The first-order valence-corrected chi connectivity index (χ1v) is 8.98. The molecule has 0 radical (unpaired) electrons. The lowest BCUT2D eigenvalue weighted by Crippen LogP contribution is -2.45. The summed E-state index contributed by atoms with van der Waals surface area (Å²) in [6.45, 7) is 1.84. The van der Waals surface area contributed by atoms with Gasteiger partial charge in [-0.15, -0.1) is 0 Å². The number of imidazole rings is 1. The van der Waals surface area contributed by atoms with Crippen LogP contribution in [0, 0.1) is 0 Å².